The van der Waals surface area contributed by atoms with Crippen LogP contribution in [-0.4, -0.2) is 28.6 Å². The Labute approximate surface area is 139 Å². The summed E-state index contributed by atoms with van der Waals surface area (Å²) in [5.41, 5.74) is 0.714. The zero-order valence-electron chi connectivity index (χ0n) is 12.4. The van der Waals surface area contributed by atoms with Crippen molar-refractivity contribution in [2.24, 2.45) is 0 Å². The summed E-state index contributed by atoms with van der Waals surface area (Å²) in [4.78, 5) is 13.5. The number of thiophene rings is 1. The van der Waals surface area contributed by atoms with Crippen molar-refractivity contribution in [3.8, 4) is 0 Å². The lowest BCUT2D eigenvalue weighted by molar-refractivity contribution is -0.141. The van der Waals surface area contributed by atoms with Gasteiger partial charge in [0.15, 0.2) is 0 Å². The van der Waals surface area contributed by atoms with Crippen LogP contribution in [0.15, 0.2) is 6.07 Å². The topological polar surface area (TPSA) is 40.5 Å². The molecule has 1 heterocycles. The maximum absolute atomic E-state index is 11.3. The normalized spacial score (nSPS) is 19.7. The van der Waals surface area contributed by atoms with Gasteiger partial charge in [0, 0.05) is 17.1 Å². The second kappa shape index (κ2) is 6.86. The Morgan fingerprint density at radius 3 is 2.52 bits per heavy atom. The number of carboxylic acids is 1. The molecule has 1 aromatic rings. The van der Waals surface area contributed by atoms with E-state index in [1.807, 2.05) is 13.1 Å². The van der Waals surface area contributed by atoms with Crippen LogP contribution in [0, 0.1) is 0 Å². The average Bonchev–Trinajstić information content (AvgIpc) is 2.76. The largest absolute Gasteiger partial charge is 0.481 e. The molecule has 21 heavy (non-hydrogen) atoms. The highest BCUT2D eigenvalue weighted by Crippen LogP contribution is 2.43. The van der Waals surface area contributed by atoms with E-state index in [0.29, 0.717) is 8.67 Å². The number of nitrogens with zero attached hydrogens (tertiary/aromatic N) is 1. The van der Waals surface area contributed by atoms with Gasteiger partial charge in [-0.25, -0.2) is 0 Å². The highest BCUT2D eigenvalue weighted by molar-refractivity contribution is 7.20. The predicted octanol–water partition coefficient (Wildman–Crippen LogP) is 5.23. The third kappa shape index (κ3) is 3.73. The molecule has 1 aliphatic rings. The van der Waals surface area contributed by atoms with Crippen molar-refractivity contribution in [1.29, 1.82) is 0 Å². The number of aliphatic carboxylic acids is 1. The van der Waals surface area contributed by atoms with E-state index < -0.39 is 5.97 Å². The molecule has 2 rings (SSSR count). The molecule has 3 nitrogen and oxygen atoms in total. The monoisotopic (exact) mass is 349 g/mol. The minimum atomic E-state index is -0.731. The maximum atomic E-state index is 11.3. The Bertz CT molecular complexity index is 512. The van der Waals surface area contributed by atoms with Gasteiger partial charge in [-0.1, -0.05) is 42.5 Å². The molecule has 1 unspecified atom stereocenters. The van der Waals surface area contributed by atoms with Gasteiger partial charge in [0.1, 0.15) is 0 Å². The van der Waals surface area contributed by atoms with Crippen molar-refractivity contribution in [1.82, 2.24) is 4.90 Å². The van der Waals surface area contributed by atoms with Crippen molar-refractivity contribution < 1.29 is 9.90 Å². The molecule has 0 bridgehead atoms. The van der Waals surface area contributed by atoms with Crippen LogP contribution in [0.1, 0.15) is 57.1 Å². The quantitative estimate of drug-likeness (QED) is 0.791. The molecule has 0 amide bonds. The number of rotatable bonds is 5. The van der Waals surface area contributed by atoms with E-state index in [9.17, 15) is 9.90 Å². The summed E-state index contributed by atoms with van der Waals surface area (Å²) in [5.74, 6) is -0.731. The number of carbonyl (C=O) groups is 1. The van der Waals surface area contributed by atoms with E-state index in [1.165, 1.54) is 17.8 Å². The van der Waals surface area contributed by atoms with Crippen LogP contribution >= 0.6 is 34.5 Å². The molecule has 1 saturated carbocycles. The Hall–Kier alpha value is -0.290. The van der Waals surface area contributed by atoms with Gasteiger partial charge >= 0.3 is 5.97 Å². The lowest BCUT2D eigenvalue weighted by Crippen LogP contribution is -2.50. The summed E-state index contributed by atoms with van der Waals surface area (Å²) < 4.78 is 1.37. The third-order valence-corrected chi connectivity index (χ3v) is 6.24. The molecule has 1 atom stereocenters. The number of carboxylic acid groups (broad SMARTS) is 1. The first kappa shape index (κ1) is 17.1. The van der Waals surface area contributed by atoms with Gasteiger partial charge in [-0.05, 0) is 32.9 Å². The van der Waals surface area contributed by atoms with Crippen LogP contribution in [0.25, 0.3) is 0 Å². The van der Waals surface area contributed by atoms with Crippen LogP contribution in [0.5, 0.6) is 0 Å². The standard InChI is InChI=1S/C15H21Cl2NO2S/c1-10(11-8-12(16)21-14(11)17)18(2)15(9-13(19)20)6-4-3-5-7-15/h8,10H,3-7,9H2,1-2H3,(H,19,20). The van der Waals surface area contributed by atoms with Crippen LogP contribution in [0.2, 0.25) is 8.67 Å². The number of hydrogen-bond acceptors (Lipinski definition) is 3. The minimum absolute atomic E-state index is 0.0544. The second-order valence-corrected chi connectivity index (χ2v) is 8.21. The smallest absolute Gasteiger partial charge is 0.305 e. The van der Waals surface area contributed by atoms with E-state index >= 15 is 0 Å². The Balaban J connectivity index is 2.26. The lowest BCUT2D eigenvalue weighted by Gasteiger charge is -2.46. The molecule has 1 fully saturated rings. The first-order valence-corrected chi connectivity index (χ1v) is 8.82. The molecule has 0 spiro atoms. The first-order chi connectivity index (χ1) is 9.85. The van der Waals surface area contributed by atoms with Crippen LogP contribution < -0.4 is 0 Å². The first-order valence-electron chi connectivity index (χ1n) is 7.25. The molecular weight excluding hydrogens is 329 g/mol. The molecule has 6 heteroatoms. The summed E-state index contributed by atoms with van der Waals surface area (Å²) in [5, 5.41) is 9.32. The molecule has 118 valence electrons. The summed E-state index contributed by atoms with van der Waals surface area (Å²) in [6, 6.07) is 1.95. The molecule has 1 aliphatic carbocycles. The SMILES string of the molecule is CC(c1cc(Cl)sc1Cl)N(C)C1(CC(=O)O)CCCCC1. The van der Waals surface area contributed by atoms with Crippen LogP contribution in [0.3, 0.4) is 0 Å². The van der Waals surface area contributed by atoms with Crippen molar-refractivity contribution in [3.05, 3.63) is 20.3 Å². The summed E-state index contributed by atoms with van der Waals surface area (Å²) in [6.45, 7) is 2.07. The molecular formula is C15H21Cl2NO2S. The third-order valence-electron chi connectivity index (χ3n) is 4.73. The second-order valence-electron chi connectivity index (χ2n) is 5.92. The Kier molecular flexibility index (Phi) is 5.58. The fraction of sp³-hybridized carbons (Fsp3) is 0.667. The molecule has 0 saturated heterocycles. The summed E-state index contributed by atoms with van der Waals surface area (Å²) in [6.07, 6.45) is 5.40. The zero-order chi connectivity index (χ0) is 15.6. The fourth-order valence-corrected chi connectivity index (χ4v) is 5.04. The molecule has 0 radical (unpaired) electrons. The van der Waals surface area contributed by atoms with Crippen LogP contribution in [-0.2, 0) is 4.79 Å². The minimum Gasteiger partial charge on any atom is -0.481 e. The molecule has 0 aromatic carbocycles. The van der Waals surface area contributed by atoms with Crippen molar-refractivity contribution in [2.45, 2.75) is 57.0 Å². The van der Waals surface area contributed by atoms with Gasteiger partial charge in [0.05, 0.1) is 15.1 Å². The molecule has 1 aromatic heterocycles. The highest BCUT2D eigenvalue weighted by Gasteiger charge is 2.40. The summed E-state index contributed by atoms with van der Waals surface area (Å²) in [7, 11) is 2.01. The van der Waals surface area contributed by atoms with Gasteiger partial charge in [-0.3, -0.25) is 9.69 Å². The number of halogens is 2. The van der Waals surface area contributed by atoms with E-state index in [4.69, 9.17) is 23.2 Å². The van der Waals surface area contributed by atoms with E-state index in [2.05, 4.69) is 11.8 Å². The number of hydrogen-bond donors (Lipinski definition) is 1. The lowest BCUT2D eigenvalue weighted by atomic mass is 9.77. The van der Waals surface area contributed by atoms with Gasteiger partial charge in [-0.2, -0.15) is 0 Å². The summed E-state index contributed by atoms with van der Waals surface area (Å²) >= 11 is 13.7. The molecule has 0 aliphatic heterocycles. The van der Waals surface area contributed by atoms with Gasteiger partial charge in [0.2, 0.25) is 0 Å². The highest BCUT2D eigenvalue weighted by atomic mass is 35.5. The maximum Gasteiger partial charge on any atom is 0.305 e. The van der Waals surface area contributed by atoms with Gasteiger partial charge in [0.25, 0.3) is 0 Å². The van der Waals surface area contributed by atoms with E-state index in [-0.39, 0.29) is 18.0 Å². The zero-order valence-corrected chi connectivity index (χ0v) is 14.7. The molecule has 1 N–H and O–H groups in total. The van der Waals surface area contributed by atoms with Crippen molar-refractivity contribution in [3.63, 3.8) is 0 Å². The van der Waals surface area contributed by atoms with Gasteiger partial charge in [-0.15, -0.1) is 11.3 Å². The average molecular weight is 350 g/mol. The van der Waals surface area contributed by atoms with E-state index in [0.717, 1.165) is 31.2 Å². The predicted molar refractivity (Wildman–Crippen MR) is 88.6 cm³/mol. The van der Waals surface area contributed by atoms with Gasteiger partial charge < -0.3 is 5.11 Å². The fourth-order valence-electron chi connectivity index (χ4n) is 3.40. The van der Waals surface area contributed by atoms with Crippen molar-refractivity contribution in [2.75, 3.05) is 7.05 Å². The Morgan fingerprint density at radius 2 is 2.05 bits per heavy atom. The van der Waals surface area contributed by atoms with Crippen LogP contribution in [0.4, 0.5) is 0 Å². The Morgan fingerprint density at radius 1 is 1.43 bits per heavy atom. The van der Waals surface area contributed by atoms with Crippen molar-refractivity contribution >= 4 is 40.5 Å². The van der Waals surface area contributed by atoms with E-state index in [1.54, 1.807) is 0 Å².